The van der Waals surface area contributed by atoms with Crippen LogP contribution in [0, 0.1) is 0 Å². The third kappa shape index (κ3) is 4.46. The Bertz CT molecular complexity index is 1060. The lowest BCUT2D eigenvalue weighted by Gasteiger charge is -2.50. The average Bonchev–Trinajstić information content (AvgIpc) is 2.91. The van der Waals surface area contributed by atoms with Crippen LogP contribution in [0.2, 0.25) is 0 Å². The van der Waals surface area contributed by atoms with Gasteiger partial charge in [0.1, 0.15) is 0 Å². The molecule has 0 radical (unpaired) electrons. The van der Waals surface area contributed by atoms with E-state index in [2.05, 4.69) is 46.3 Å². The Labute approximate surface area is 209 Å². The molecule has 5 rings (SSSR count). The first kappa shape index (κ1) is 24.2. The molecule has 3 heterocycles. The fourth-order valence-corrected chi connectivity index (χ4v) is 6.34. The van der Waals surface area contributed by atoms with Crippen molar-refractivity contribution in [3.05, 3.63) is 46.5 Å². The molecule has 190 valence electrons. The molecule has 3 unspecified atom stereocenters. The second kappa shape index (κ2) is 10.2. The molecule has 2 aromatic rings. The Hall–Kier alpha value is -2.48. The SMILES string of the molecule is CCN1CN2CCc3cc(OC)c(OC)cc3C2CC1CC1NCCc2cc(OC)c(OC)cc21. The van der Waals surface area contributed by atoms with Crippen molar-refractivity contribution in [1.29, 1.82) is 0 Å². The van der Waals surface area contributed by atoms with Gasteiger partial charge in [-0.1, -0.05) is 6.92 Å². The smallest absolute Gasteiger partial charge is 0.161 e. The lowest BCUT2D eigenvalue weighted by atomic mass is 9.83. The number of rotatable bonds is 7. The highest BCUT2D eigenvalue weighted by Crippen LogP contribution is 2.44. The number of benzene rings is 2. The molecule has 3 aliphatic heterocycles. The van der Waals surface area contributed by atoms with Crippen LogP contribution in [0.3, 0.4) is 0 Å². The van der Waals surface area contributed by atoms with Crippen LogP contribution in [0.1, 0.15) is 54.1 Å². The van der Waals surface area contributed by atoms with Crippen molar-refractivity contribution in [2.45, 2.75) is 50.7 Å². The van der Waals surface area contributed by atoms with E-state index in [-0.39, 0.29) is 0 Å². The lowest BCUT2D eigenvalue weighted by molar-refractivity contribution is -0.0112. The van der Waals surface area contributed by atoms with E-state index in [0.29, 0.717) is 18.1 Å². The number of hydrogen-bond donors (Lipinski definition) is 1. The van der Waals surface area contributed by atoms with Crippen LogP contribution in [-0.2, 0) is 12.8 Å². The minimum Gasteiger partial charge on any atom is -0.493 e. The van der Waals surface area contributed by atoms with Crippen LogP contribution in [0.15, 0.2) is 24.3 Å². The van der Waals surface area contributed by atoms with Gasteiger partial charge in [0.2, 0.25) is 0 Å². The average molecular weight is 482 g/mol. The molecule has 1 N–H and O–H groups in total. The Morgan fingerprint density at radius 3 is 2.06 bits per heavy atom. The summed E-state index contributed by atoms with van der Waals surface area (Å²) in [4.78, 5) is 5.29. The van der Waals surface area contributed by atoms with Gasteiger partial charge in [-0.25, -0.2) is 0 Å². The molecule has 3 atom stereocenters. The van der Waals surface area contributed by atoms with Crippen LogP contribution >= 0.6 is 0 Å². The van der Waals surface area contributed by atoms with Gasteiger partial charge in [-0.2, -0.15) is 0 Å². The summed E-state index contributed by atoms with van der Waals surface area (Å²) in [6, 6.07) is 9.94. The van der Waals surface area contributed by atoms with E-state index < -0.39 is 0 Å². The molecular weight excluding hydrogens is 442 g/mol. The van der Waals surface area contributed by atoms with Crippen LogP contribution in [-0.4, -0.2) is 70.6 Å². The second-order valence-corrected chi connectivity index (χ2v) is 9.82. The molecule has 1 fully saturated rings. The fourth-order valence-electron chi connectivity index (χ4n) is 6.34. The fraction of sp³-hybridized carbons (Fsp3) is 0.571. The van der Waals surface area contributed by atoms with E-state index >= 15 is 0 Å². The van der Waals surface area contributed by atoms with Gasteiger partial charge in [0.25, 0.3) is 0 Å². The minimum absolute atomic E-state index is 0.303. The third-order valence-electron chi connectivity index (χ3n) is 8.21. The van der Waals surface area contributed by atoms with Gasteiger partial charge in [-0.3, -0.25) is 9.80 Å². The molecule has 2 aromatic carbocycles. The number of nitrogens with zero attached hydrogens (tertiary/aromatic N) is 2. The van der Waals surface area contributed by atoms with Gasteiger partial charge in [0.05, 0.1) is 35.1 Å². The topological polar surface area (TPSA) is 55.4 Å². The van der Waals surface area contributed by atoms with Crippen molar-refractivity contribution in [3.8, 4) is 23.0 Å². The zero-order valence-electron chi connectivity index (χ0n) is 21.7. The molecule has 0 saturated carbocycles. The van der Waals surface area contributed by atoms with Crippen LogP contribution in [0.4, 0.5) is 0 Å². The van der Waals surface area contributed by atoms with E-state index in [4.69, 9.17) is 18.9 Å². The Kier molecular flexibility index (Phi) is 7.09. The maximum atomic E-state index is 5.67. The van der Waals surface area contributed by atoms with Crippen molar-refractivity contribution < 1.29 is 18.9 Å². The van der Waals surface area contributed by atoms with Crippen molar-refractivity contribution in [3.63, 3.8) is 0 Å². The summed E-state index contributed by atoms with van der Waals surface area (Å²) in [6.45, 7) is 6.41. The van der Waals surface area contributed by atoms with Gasteiger partial charge in [0.15, 0.2) is 23.0 Å². The monoisotopic (exact) mass is 481 g/mol. The highest BCUT2D eigenvalue weighted by Gasteiger charge is 2.39. The van der Waals surface area contributed by atoms with Gasteiger partial charge in [-0.05, 0) is 85.3 Å². The largest absolute Gasteiger partial charge is 0.493 e. The summed E-state index contributed by atoms with van der Waals surface area (Å²) < 4.78 is 22.5. The standard InChI is InChI=1S/C28H39N3O4/c1-6-30-17-31-10-8-19-12-26(33-3)28(35-5)16-22(19)24(31)14-20(30)13-23-21-15-27(34-4)25(32-2)11-18(21)7-9-29-23/h11-12,15-16,20,23-24,29H,6-10,13-14,17H2,1-5H3. The number of ether oxygens (including phenoxy) is 4. The summed E-state index contributed by atoms with van der Waals surface area (Å²) in [5, 5.41) is 3.81. The van der Waals surface area contributed by atoms with Crippen LogP contribution in [0.5, 0.6) is 23.0 Å². The molecule has 35 heavy (non-hydrogen) atoms. The van der Waals surface area contributed by atoms with Crippen molar-refractivity contribution in [2.24, 2.45) is 0 Å². The van der Waals surface area contributed by atoms with E-state index in [1.54, 1.807) is 28.4 Å². The summed E-state index contributed by atoms with van der Waals surface area (Å²) in [5.41, 5.74) is 5.51. The second-order valence-electron chi connectivity index (χ2n) is 9.82. The molecule has 0 spiro atoms. The first-order chi connectivity index (χ1) is 17.1. The molecule has 0 aliphatic carbocycles. The van der Waals surface area contributed by atoms with E-state index in [9.17, 15) is 0 Å². The lowest BCUT2D eigenvalue weighted by Crippen LogP contribution is -2.54. The molecule has 0 aromatic heterocycles. The molecule has 0 amide bonds. The van der Waals surface area contributed by atoms with Crippen molar-refractivity contribution in [2.75, 3.05) is 54.7 Å². The number of nitrogens with one attached hydrogen (secondary N) is 1. The molecular formula is C28H39N3O4. The number of fused-ring (bicyclic) bond motifs is 4. The summed E-state index contributed by atoms with van der Waals surface area (Å²) in [7, 11) is 6.87. The number of methoxy groups -OCH3 is 4. The highest BCUT2D eigenvalue weighted by molar-refractivity contribution is 5.50. The predicted octanol–water partition coefficient (Wildman–Crippen LogP) is 3.95. The quantitative estimate of drug-likeness (QED) is 0.643. The van der Waals surface area contributed by atoms with Crippen molar-refractivity contribution >= 4 is 0 Å². The van der Waals surface area contributed by atoms with Gasteiger partial charge in [-0.15, -0.1) is 0 Å². The maximum absolute atomic E-state index is 5.67. The summed E-state index contributed by atoms with van der Waals surface area (Å²) >= 11 is 0. The Morgan fingerprint density at radius 2 is 1.43 bits per heavy atom. The molecule has 3 aliphatic rings. The maximum Gasteiger partial charge on any atom is 0.161 e. The van der Waals surface area contributed by atoms with Gasteiger partial charge in [0, 0.05) is 24.7 Å². The van der Waals surface area contributed by atoms with Crippen molar-refractivity contribution in [1.82, 2.24) is 15.1 Å². The normalized spacial score (nSPS) is 24.2. The van der Waals surface area contributed by atoms with E-state index in [1.165, 1.54) is 22.3 Å². The molecule has 7 nitrogen and oxygen atoms in total. The Morgan fingerprint density at radius 1 is 0.829 bits per heavy atom. The molecule has 0 bridgehead atoms. The van der Waals surface area contributed by atoms with Crippen LogP contribution in [0.25, 0.3) is 0 Å². The summed E-state index contributed by atoms with van der Waals surface area (Å²) in [6.07, 6.45) is 4.24. The molecule has 1 saturated heterocycles. The minimum atomic E-state index is 0.303. The third-order valence-corrected chi connectivity index (χ3v) is 8.21. The Balaban J connectivity index is 1.43. The zero-order chi connectivity index (χ0) is 24.5. The number of hydrogen-bond acceptors (Lipinski definition) is 7. The molecule has 7 heteroatoms. The summed E-state index contributed by atoms with van der Waals surface area (Å²) in [5.74, 6) is 3.28. The van der Waals surface area contributed by atoms with E-state index in [0.717, 1.165) is 75.0 Å². The highest BCUT2D eigenvalue weighted by atomic mass is 16.5. The van der Waals surface area contributed by atoms with E-state index in [1.807, 2.05) is 0 Å². The first-order valence-corrected chi connectivity index (χ1v) is 12.8. The first-order valence-electron chi connectivity index (χ1n) is 12.8. The van der Waals surface area contributed by atoms with Gasteiger partial charge >= 0.3 is 0 Å². The van der Waals surface area contributed by atoms with Crippen LogP contribution < -0.4 is 24.3 Å². The predicted molar refractivity (Wildman–Crippen MR) is 137 cm³/mol. The van der Waals surface area contributed by atoms with Gasteiger partial charge < -0.3 is 24.3 Å². The zero-order valence-corrected chi connectivity index (χ0v) is 21.7.